The lowest BCUT2D eigenvalue weighted by molar-refractivity contribution is -0.671. The van der Waals surface area contributed by atoms with Gasteiger partial charge in [0.2, 0.25) is 6.33 Å². The van der Waals surface area contributed by atoms with E-state index in [1.165, 1.54) is 12.8 Å². The number of rotatable bonds is 3. The minimum Gasteiger partial charge on any atom is -0.478 e. The van der Waals surface area contributed by atoms with Crippen LogP contribution in [0.2, 0.25) is 0 Å². The van der Waals surface area contributed by atoms with Crippen molar-refractivity contribution in [2.24, 2.45) is 7.05 Å². The second kappa shape index (κ2) is 7.37. The maximum Gasteiger partial charge on any atom is 0.318 e. The van der Waals surface area contributed by atoms with Crippen LogP contribution in [0.4, 0.5) is 26.3 Å². The maximum atomic E-state index is 10.7. The number of aryl methyl sites for hydroxylation is 2. The third kappa shape index (κ3) is 11.6. The first-order valence-electron chi connectivity index (χ1n) is 5.42. The molecule has 1 heterocycles. The van der Waals surface area contributed by atoms with Crippen molar-refractivity contribution >= 4 is 0 Å². The van der Waals surface area contributed by atoms with Crippen molar-refractivity contribution in [2.45, 2.75) is 38.9 Å². The number of alkyl halides is 6. The quantitative estimate of drug-likeness (QED) is 0.462. The number of imidazole rings is 1. The second-order valence-corrected chi connectivity index (χ2v) is 3.72. The first-order valence-corrected chi connectivity index (χ1v) is 5.42. The van der Waals surface area contributed by atoms with E-state index in [1.807, 2.05) is 7.05 Å². The number of unbranched alkanes of at least 4 members (excludes halogenated alkanes) is 1. The summed E-state index contributed by atoms with van der Waals surface area (Å²) >= 11 is 0. The van der Waals surface area contributed by atoms with Crippen LogP contribution in [0.1, 0.15) is 19.8 Å². The molecule has 0 atom stereocenters. The van der Waals surface area contributed by atoms with E-state index in [0.717, 1.165) is 6.54 Å². The maximum absolute atomic E-state index is 10.7. The van der Waals surface area contributed by atoms with Gasteiger partial charge in [0.15, 0.2) is 0 Å². The molecule has 0 aliphatic heterocycles. The fourth-order valence-corrected chi connectivity index (χ4v) is 1.12. The largest absolute Gasteiger partial charge is 0.478 e. The van der Waals surface area contributed by atoms with Gasteiger partial charge in [-0.05, 0) is 6.42 Å². The average molecular weight is 291 g/mol. The number of hydrogen-bond acceptors (Lipinski definition) is 0. The van der Waals surface area contributed by atoms with Crippen molar-refractivity contribution in [2.75, 3.05) is 0 Å². The van der Waals surface area contributed by atoms with Crippen LogP contribution < -0.4 is 4.57 Å². The molecule has 19 heavy (non-hydrogen) atoms. The Labute approximate surface area is 106 Å². The highest BCUT2D eigenvalue weighted by Crippen LogP contribution is 2.34. The lowest BCUT2D eigenvalue weighted by Gasteiger charge is -2.26. The first kappa shape index (κ1) is 17.8. The predicted octanol–water partition coefficient (Wildman–Crippen LogP) is 3.51. The fourth-order valence-electron chi connectivity index (χ4n) is 1.12. The topological polar surface area (TPSA) is 22.9 Å². The lowest BCUT2D eigenvalue weighted by atomic mass is 10.3. The first-order chi connectivity index (χ1) is 8.53. The highest BCUT2D eigenvalue weighted by atomic mass is 19.4. The van der Waals surface area contributed by atoms with Crippen LogP contribution in [-0.4, -0.2) is 17.2 Å². The zero-order valence-corrected chi connectivity index (χ0v) is 10.5. The molecule has 0 N–H and O–H groups in total. The monoisotopic (exact) mass is 291 g/mol. The Morgan fingerprint density at radius 1 is 1.11 bits per heavy atom. The van der Waals surface area contributed by atoms with Gasteiger partial charge in [-0.25, -0.2) is 9.13 Å². The SMILES string of the molecule is CCCCn1cc[n+](C)c1.FC(F)(F)[N-]C(F)(F)F. The van der Waals surface area contributed by atoms with Crippen molar-refractivity contribution in [3.05, 3.63) is 24.0 Å². The molecule has 3 nitrogen and oxygen atoms in total. The minimum absolute atomic E-state index is 0.542. The van der Waals surface area contributed by atoms with Gasteiger partial charge in [-0.15, -0.1) is 0 Å². The highest BCUT2D eigenvalue weighted by Gasteiger charge is 2.27. The number of nitrogens with zero attached hydrogens (tertiary/aromatic N) is 3. The number of halogens is 6. The lowest BCUT2D eigenvalue weighted by Crippen LogP contribution is -2.23. The van der Waals surface area contributed by atoms with Crippen LogP contribution in [-0.2, 0) is 13.6 Å². The van der Waals surface area contributed by atoms with Gasteiger partial charge in [0, 0.05) is 0 Å². The average Bonchev–Trinajstić information content (AvgIpc) is 2.56. The van der Waals surface area contributed by atoms with Gasteiger partial charge >= 0.3 is 12.6 Å². The minimum atomic E-state index is -5.52. The van der Waals surface area contributed by atoms with Gasteiger partial charge in [0.1, 0.15) is 12.4 Å². The molecule has 9 heteroatoms. The van der Waals surface area contributed by atoms with Crippen LogP contribution in [0.15, 0.2) is 18.7 Å². The molecule has 1 aromatic heterocycles. The molecule has 0 saturated heterocycles. The molecule has 0 radical (unpaired) electrons. The fraction of sp³-hybridized carbons (Fsp3) is 0.700. The molecule has 0 spiro atoms. The Morgan fingerprint density at radius 2 is 1.63 bits per heavy atom. The van der Waals surface area contributed by atoms with E-state index in [1.54, 1.807) is 0 Å². The van der Waals surface area contributed by atoms with Crippen LogP contribution in [0.3, 0.4) is 0 Å². The molecule has 0 fully saturated rings. The van der Waals surface area contributed by atoms with Crippen molar-refractivity contribution in [3.8, 4) is 0 Å². The molecular weight excluding hydrogens is 276 g/mol. The summed E-state index contributed by atoms with van der Waals surface area (Å²) in [5.41, 5.74) is 0. The molecule has 0 aliphatic carbocycles. The smallest absolute Gasteiger partial charge is 0.318 e. The summed E-state index contributed by atoms with van der Waals surface area (Å²) in [7, 11) is 2.04. The number of aromatic nitrogens is 2. The van der Waals surface area contributed by atoms with Crippen LogP contribution in [0, 0.1) is 0 Å². The van der Waals surface area contributed by atoms with Gasteiger partial charge in [-0.2, -0.15) is 26.3 Å². The highest BCUT2D eigenvalue weighted by molar-refractivity contribution is 4.86. The van der Waals surface area contributed by atoms with E-state index in [2.05, 4.69) is 34.8 Å². The summed E-state index contributed by atoms with van der Waals surface area (Å²) in [6.07, 6.45) is -2.21. The summed E-state index contributed by atoms with van der Waals surface area (Å²) in [5, 5.41) is 0.542. The van der Waals surface area contributed by atoms with E-state index < -0.39 is 12.6 Å². The predicted molar refractivity (Wildman–Crippen MR) is 56.0 cm³/mol. The summed E-state index contributed by atoms with van der Waals surface area (Å²) in [4.78, 5) is 0. The molecule has 1 aromatic rings. The standard InChI is InChI=1S/C8H15N2.C2F6N/c1-3-4-5-10-7-6-9(2)8-10;3-1(4,5)9-2(6,7)8/h6-8H,3-5H2,1-2H3;/q+1;-1. The third-order valence-electron chi connectivity index (χ3n) is 1.85. The van der Waals surface area contributed by atoms with Crippen molar-refractivity contribution < 1.29 is 30.9 Å². The van der Waals surface area contributed by atoms with Gasteiger partial charge in [0.05, 0.1) is 13.6 Å². The molecule has 0 bridgehead atoms. The second-order valence-electron chi connectivity index (χ2n) is 3.72. The molecule has 112 valence electrons. The van der Waals surface area contributed by atoms with E-state index in [0.29, 0.717) is 5.32 Å². The molecular formula is C10H15F6N3. The van der Waals surface area contributed by atoms with E-state index in [4.69, 9.17) is 0 Å². The van der Waals surface area contributed by atoms with Crippen LogP contribution >= 0.6 is 0 Å². The zero-order chi connectivity index (χ0) is 15.1. The molecule has 0 saturated carbocycles. The van der Waals surface area contributed by atoms with Crippen LogP contribution in [0.5, 0.6) is 0 Å². The molecule has 0 unspecified atom stereocenters. The van der Waals surface area contributed by atoms with E-state index in [9.17, 15) is 26.3 Å². The van der Waals surface area contributed by atoms with Crippen LogP contribution in [0.25, 0.3) is 5.32 Å². The Balaban J connectivity index is 0.000000344. The normalized spacial score (nSPS) is 12.0. The Bertz CT molecular complexity index is 343. The van der Waals surface area contributed by atoms with E-state index >= 15 is 0 Å². The molecule has 0 amide bonds. The van der Waals surface area contributed by atoms with Gasteiger partial charge in [-0.1, -0.05) is 13.3 Å². The van der Waals surface area contributed by atoms with Gasteiger partial charge < -0.3 is 5.32 Å². The Morgan fingerprint density at radius 3 is 1.89 bits per heavy atom. The van der Waals surface area contributed by atoms with E-state index in [-0.39, 0.29) is 0 Å². The molecule has 1 rings (SSSR count). The van der Waals surface area contributed by atoms with Gasteiger partial charge in [0.25, 0.3) is 0 Å². The summed E-state index contributed by atoms with van der Waals surface area (Å²) < 4.78 is 68.3. The van der Waals surface area contributed by atoms with Crippen molar-refractivity contribution in [3.63, 3.8) is 0 Å². The van der Waals surface area contributed by atoms with Crippen molar-refractivity contribution in [1.82, 2.24) is 4.57 Å². The summed E-state index contributed by atoms with van der Waals surface area (Å²) in [6.45, 7) is 3.36. The number of hydrogen-bond donors (Lipinski definition) is 0. The Kier molecular flexibility index (Phi) is 6.88. The van der Waals surface area contributed by atoms with Crippen molar-refractivity contribution in [1.29, 1.82) is 0 Å². The third-order valence-corrected chi connectivity index (χ3v) is 1.85. The molecule has 0 aromatic carbocycles. The summed E-state index contributed by atoms with van der Waals surface area (Å²) in [5.74, 6) is 0. The zero-order valence-electron chi connectivity index (χ0n) is 10.5. The van der Waals surface area contributed by atoms with Gasteiger partial charge in [-0.3, -0.25) is 0 Å². The summed E-state index contributed by atoms with van der Waals surface area (Å²) in [6, 6.07) is 0. The molecule has 0 aliphatic rings. The Hall–Kier alpha value is -1.25.